The molecule has 1 amide bonds. The van der Waals surface area contributed by atoms with Crippen LogP contribution in [0.2, 0.25) is 5.02 Å². The van der Waals surface area contributed by atoms with Crippen LogP contribution in [0.3, 0.4) is 0 Å². The molecular weight excluding hydrogens is 400 g/mol. The van der Waals surface area contributed by atoms with Gasteiger partial charge in [-0.05, 0) is 50.9 Å². The summed E-state index contributed by atoms with van der Waals surface area (Å²) in [5.74, 6) is -3.08. The quantitative estimate of drug-likeness (QED) is 0.696. The first-order valence-corrected chi connectivity index (χ1v) is 10.5. The molecule has 2 aromatic rings. The summed E-state index contributed by atoms with van der Waals surface area (Å²) in [5.41, 5.74) is 0.0635. The number of hydrogen-bond donors (Lipinski definition) is 3. The Bertz CT molecular complexity index is 899. The fraction of sp³-hybridized carbons (Fsp3) is 0.571. The third-order valence-corrected chi connectivity index (χ3v) is 6.56. The predicted molar refractivity (Wildman–Crippen MR) is 109 cm³/mol. The zero-order chi connectivity index (χ0) is 20.6. The van der Waals surface area contributed by atoms with Crippen LogP contribution in [-0.4, -0.2) is 46.7 Å². The summed E-state index contributed by atoms with van der Waals surface area (Å²) in [6.45, 7) is 1.79. The van der Waals surface area contributed by atoms with Crippen LogP contribution >= 0.6 is 11.6 Å². The molecule has 0 spiro atoms. The molecule has 5 nitrogen and oxygen atoms in total. The van der Waals surface area contributed by atoms with Crippen LogP contribution in [0.1, 0.15) is 54.9 Å². The third kappa shape index (κ3) is 4.27. The van der Waals surface area contributed by atoms with Crippen molar-refractivity contribution in [2.45, 2.75) is 56.1 Å². The van der Waals surface area contributed by atoms with Gasteiger partial charge in [0.15, 0.2) is 0 Å². The number of nitrogens with one attached hydrogen (secondary N) is 2. The molecular formula is C21H26ClF2N3O2. The lowest BCUT2D eigenvalue weighted by Crippen LogP contribution is -2.47. The average Bonchev–Trinajstić information content (AvgIpc) is 3.11. The van der Waals surface area contributed by atoms with Crippen molar-refractivity contribution in [3.63, 3.8) is 0 Å². The summed E-state index contributed by atoms with van der Waals surface area (Å²) in [6.07, 6.45) is 2.98. The SMILES string of the molecule is O=C(NCC1(O)CCC(F)(F)CC1)c1cn(C2CCNCC2)c2cccc(Cl)c12. The van der Waals surface area contributed by atoms with Crippen LogP contribution in [0.15, 0.2) is 24.4 Å². The molecule has 3 N–H and O–H groups in total. The van der Waals surface area contributed by atoms with Crippen LogP contribution < -0.4 is 10.6 Å². The van der Waals surface area contributed by atoms with Crippen molar-refractivity contribution in [3.05, 3.63) is 35.0 Å². The minimum absolute atomic E-state index is 0.0299. The molecule has 2 fully saturated rings. The first kappa shape index (κ1) is 20.6. The van der Waals surface area contributed by atoms with Crippen molar-refractivity contribution < 1.29 is 18.7 Å². The van der Waals surface area contributed by atoms with Gasteiger partial charge in [0.2, 0.25) is 5.92 Å². The molecule has 1 aromatic carbocycles. The van der Waals surface area contributed by atoms with E-state index in [0.717, 1.165) is 31.4 Å². The number of carbonyl (C=O) groups is 1. The van der Waals surface area contributed by atoms with Crippen LogP contribution in [0.4, 0.5) is 8.78 Å². The lowest BCUT2D eigenvalue weighted by Gasteiger charge is -2.35. The molecule has 0 bridgehead atoms. The molecule has 29 heavy (non-hydrogen) atoms. The van der Waals surface area contributed by atoms with E-state index < -0.39 is 11.5 Å². The van der Waals surface area contributed by atoms with Gasteiger partial charge >= 0.3 is 0 Å². The van der Waals surface area contributed by atoms with Crippen LogP contribution in [0.25, 0.3) is 10.9 Å². The van der Waals surface area contributed by atoms with Gasteiger partial charge in [0, 0.05) is 37.0 Å². The Balaban J connectivity index is 1.56. The van der Waals surface area contributed by atoms with E-state index in [1.165, 1.54) is 0 Å². The second-order valence-corrected chi connectivity index (χ2v) is 8.74. The molecule has 0 atom stereocenters. The normalized spacial score (nSPS) is 21.9. The smallest absolute Gasteiger partial charge is 0.253 e. The van der Waals surface area contributed by atoms with Crippen LogP contribution in [0.5, 0.6) is 0 Å². The van der Waals surface area contributed by atoms with E-state index >= 15 is 0 Å². The number of benzene rings is 1. The van der Waals surface area contributed by atoms with Crippen molar-refractivity contribution in [1.82, 2.24) is 15.2 Å². The fourth-order valence-corrected chi connectivity index (χ4v) is 4.70. The topological polar surface area (TPSA) is 66.3 Å². The molecule has 1 saturated carbocycles. The molecule has 2 heterocycles. The first-order chi connectivity index (χ1) is 13.8. The molecule has 4 rings (SSSR count). The Morgan fingerprint density at radius 1 is 1.24 bits per heavy atom. The number of halogens is 3. The maximum absolute atomic E-state index is 13.4. The zero-order valence-corrected chi connectivity index (χ0v) is 16.9. The number of fused-ring (bicyclic) bond motifs is 1. The van der Waals surface area contributed by atoms with E-state index in [-0.39, 0.29) is 44.2 Å². The van der Waals surface area contributed by atoms with E-state index in [4.69, 9.17) is 11.6 Å². The Labute approximate surface area is 173 Å². The molecule has 0 radical (unpaired) electrons. The number of carbonyl (C=O) groups excluding carboxylic acids is 1. The van der Waals surface area contributed by atoms with Gasteiger partial charge in [0.25, 0.3) is 5.91 Å². The van der Waals surface area contributed by atoms with E-state index in [1.807, 2.05) is 18.3 Å². The molecule has 2 aliphatic rings. The second-order valence-electron chi connectivity index (χ2n) is 8.33. The van der Waals surface area contributed by atoms with Crippen molar-refractivity contribution in [3.8, 4) is 0 Å². The van der Waals surface area contributed by atoms with E-state index in [2.05, 4.69) is 15.2 Å². The zero-order valence-electron chi connectivity index (χ0n) is 16.2. The summed E-state index contributed by atoms with van der Waals surface area (Å²) >= 11 is 6.43. The highest BCUT2D eigenvalue weighted by atomic mass is 35.5. The highest BCUT2D eigenvalue weighted by molar-refractivity contribution is 6.36. The highest BCUT2D eigenvalue weighted by Crippen LogP contribution is 2.38. The maximum atomic E-state index is 13.4. The van der Waals surface area contributed by atoms with Crippen molar-refractivity contribution in [2.75, 3.05) is 19.6 Å². The molecule has 1 aliphatic carbocycles. The van der Waals surface area contributed by atoms with E-state index in [1.54, 1.807) is 6.07 Å². The summed E-state index contributed by atoms with van der Waals surface area (Å²) < 4.78 is 28.9. The van der Waals surface area contributed by atoms with E-state index in [0.29, 0.717) is 16.0 Å². The van der Waals surface area contributed by atoms with Crippen LogP contribution in [-0.2, 0) is 0 Å². The number of amides is 1. The predicted octanol–water partition coefficient (Wildman–Crippen LogP) is 3.89. The fourth-order valence-electron chi connectivity index (χ4n) is 4.42. The highest BCUT2D eigenvalue weighted by Gasteiger charge is 2.42. The van der Waals surface area contributed by atoms with Crippen molar-refractivity contribution in [1.29, 1.82) is 0 Å². The van der Waals surface area contributed by atoms with Gasteiger partial charge in [-0.15, -0.1) is 0 Å². The monoisotopic (exact) mass is 425 g/mol. The molecule has 0 unspecified atom stereocenters. The molecule has 158 valence electrons. The largest absolute Gasteiger partial charge is 0.388 e. The first-order valence-electron chi connectivity index (χ1n) is 10.2. The van der Waals surface area contributed by atoms with Crippen LogP contribution in [0, 0.1) is 0 Å². The van der Waals surface area contributed by atoms with Gasteiger partial charge in [-0.25, -0.2) is 8.78 Å². The number of alkyl halides is 2. The Morgan fingerprint density at radius 3 is 2.62 bits per heavy atom. The Morgan fingerprint density at radius 2 is 1.93 bits per heavy atom. The minimum Gasteiger partial charge on any atom is -0.388 e. The summed E-state index contributed by atoms with van der Waals surface area (Å²) in [4.78, 5) is 13.0. The second kappa shape index (κ2) is 7.85. The maximum Gasteiger partial charge on any atom is 0.253 e. The summed E-state index contributed by atoms with van der Waals surface area (Å²) in [6, 6.07) is 5.86. The Hall–Kier alpha value is -1.70. The average molecular weight is 426 g/mol. The third-order valence-electron chi connectivity index (χ3n) is 6.24. The number of piperidine rings is 1. The number of aromatic nitrogens is 1. The molecule has 8 heteroatoms. The number of rotatable bonds is 4. The van der Waals surface area contributed by atoms with E-state index in [9.17, 15) is 18.7 Å². The lowest BCUT2D eigenvalue weighted by atomic mass is 9.82. The number of hydrogen-bond acceptors (Lipinski definition) is 3. The molecule has 1 aliphatic heterocycles. The molecule has 1 aromatic heterocycles. The van der Waals surface area contributed by atoms with Gasteiger partial charge in [-0.3, -0.25) is 4.79 Å². The van der Waals surface area contributed by atoms with Gasteiger partial charge in [0.1, 0.15) is 0 Å². The van der Waals surface area contributed by atoms with Gasteiger partial charge in [0.05, 0.1) is 21.7 Å². The van der Waals surface area contributed by atoms with Gasteiger partial charge in [-0.2, -0.15) is 0 Å². The van der Waals surface area contributed by atoms with Gasteiger partial charge in [-0.1, -0.05) is 17.7 Å². The Kier molecular flexibility index (Phi) is 5.57. The minimum atomic E-state index is -2.73. The number of aliphatic hydroxyl groups is 1. The van der Waals surface area contributed by atoms with Gasteiger partial charge < -0.3 is 20.3 Å². The van der Waals surface area contributed by atoms with Crippen molar-refractivity contribution >= 4 is 28.4 Å². The lowest BCUT2D eigenvalue weighted by molar-refractivity contribution is -0.101. The van der Waals surface area contributed by atoms with Crippen molar-refractivity contribution in [2.24, 2.45) is 0 Å². The molecule has 1 saturated heterocycles. The summed E-state index contributed by atoms with van der Waals surface area (Å²) in [5, 5.41) is 17.9. The standard InChI is InChI=1S/C21H26ClF2N3O2/c22-16-2-1-3-17-18(16)15(12-27(17)14-4-10-25-11-5-14)19(28)26-13-20(29)6-8-21(23,24)9-7-20/h1-3,12,14,25,29H,4-11,13H2,(H,26,28). The summed E-state index contributed by atoms with van der Waals surface area (Å²) in [7, 11) is 0. The number of nitrogens with zero attached hydrogens (tertiary/aromatic N) is 1.